The molecule has 1 aliphatic carbocycles. The van der Waals surface area contributed by atoms with Crippen LogP contribution >= 0.6 is 0 Å². The van der Waals surface area contributed by atoms with Gasteiger partial charge in [0.1, 0.15) is 5.75 Å². The second-order valence-corrected chi connectivity index (χ2v) is 8.42. The van der Waals surface area contributed by atoms with Gasteiger partial charge in [-0.05, 0) is 63.3 Å². The summed E-state index contributed by atoms with van der Waals surface area (Å²) in [5.41, 5.74) is 1.38. The van der Waals surface area contributed by atoms with Gasteiger partial charge in [0.2, 0.25) is 15.9 Å². The molecule has 0 radical (unpaired) electrons. The number of sulfonamides is 1. The smallest absolute Gasteiger partial charge is 0.243 e. The summed E-state index contributed by atoms with van der Waals surface area (Å²) in [5, 5.41) is 2.80. The lowest BCUT2D eigenvalue weighted by Gasteiger charge is -2.18. The minimum atomic E-state index is -3.71. The lowest BCUT2D eigenvalue weighted by Crippen LogP contribution is -2.38. The van der Waals surface area contributed by atoms with Gasteiger partial charge >= 0.3 is 0 Å². The van der Waals surface area contributed by atoms with E-state index < -0.39 is 10.0 Å². The van der Waals surface area contributed by atoms with Gasteiger partial charge in [0, 0.05) is 13.6 Å². The van der Waals surface area contributed by atoms with E-state index in [4.69, 9.17) is 4.74 Å². The average Bonchev–Trinajstić information content (AvgIpc) is 2.63. The number of amides is 1. The molecule has 0 saturated heterocycles. The summed E-state index contributed by atoms with van der Waals surface area (Å²) in [7, 11) is -2.29. The van der Waals surface area contributed by atoms with Crippen LogP contribution in [0.4, 0.5) is 0 Å². The first-order valence-corrected chi connectivity index (χ1v) is 10.5. The molecule has 0 atom stereocenters. The number of hydrogen-bond donors (Lipinski definition) is 1. The zero-order chi connectivity index (χ0) is 19.0. The van der Waals surface area contributed by atoms with Crippen LogP contribution in [0.2, 0.25) is 0 Å². The second-order valence-electron chi connectivity index (χ2n) is 6.37. The minimum absolute atomic E-state index is 0.142. The van der Waals surface area contributed by atoms with Crippen molar-refractivity contribution in [2.75, 3.05) is 26.7 Å². The number of rotatable bonds is 9. The molecule has 2 rings (SSSR count). The van der Waals surface area contributed by atoms with Crippen LogP contribution < -0.4 is 10.1 Å². The Morgan fingerprint density at radius 1 is 1.23 bits per heavy atom. The van der Waals surface area contributed by atoms with Crippen molar-refractivity contribution < 1.29 is 17.9 Å². The quantitative estimate of drug-likeness (QED) is 0.669. The normalized spacial score (nSPS) is 14.8. The number of allylic oxidation sites excluding steroid dienone is 1. The van der Waals surface area contributed by atoms with Gasteiger partial charge in [0.15, 0.2) is 0 Å². The molecule has 0 saturated carbocycles. The highest BCUT2D eigenvalue weighted by atomic mass is 32.2. The van der Waals surface area contributed by atoms with Gasteiger partial charge < -0.3 is 10.1 Å². The molecule has 0 spiro atoms. The summed E-state index contributed by atoms with van der Waals surface area (Å²) in [5.74, 6) is 0.322. The Kier molecular flexibility index (Phi) is 7.66. The maximum absolute atomic E-state index is 12.6. The summed E-state index contributed by atoms with van der Waals surface area (Å²) in [6, 6.07) is 6.21. The molecule has 1 aliphatic rings. The van der Waals surface area contributed by atoms with E-state index in [-0.39, 0.29) is 17.3 Å². The highest BCUT2D eigenvalue weighted by molar-refractivity contribution is 7.89. The van der Waals surface area contributed by atoms with Gasteiger partial charge in [0.05, 0.1) is 18.0 Å². The highest BCUT2D eigenvalue weighted by Crippen LogP contribution is 2.20. The molecular formula is C19H28N2O4S. The molecule has 0 aromatic heterocycles. The number of carbonyl (C=O) groups is 1. The molecule has 0 fully saturated rings. The molecule has 6 nitrogen and oxygen atoms in total. The number of nitrogens with one attached hydrogen (secondary N) is 1. The third-order valence-corrected chi connectivity index (χ3v) is 6.18. The van der Waals surface area contributed by atoms with E-state index >= 15 is 0 Å². The molecule has 1 aromatic rings. The third-order valence-electron chi connectivity index (χ3n) is 4.36. The van der Waals surface area contributed by atoms with Crippen LogP contribution in [0.5, 0.6) is 5.75 Å². The minimum Gasteiger partial charge on any atom is -0.494 e. The van der Waals surface area contributed by atoms with Gasteiger partial charge in [-0.2, -0.15) is 4.31 Å². The van der Waals surface area contributed by atoms with Crippen molar-refractivity contribution in [1.82, 2.24) is 9.62 Å². The fraction of sp³-hybridized carbons (Fsp3) is 0.526. The molecular weight excluding hydrogens is 352 g/mol. The molecule has 1 amide bonds. The molecule has 26 heavy (non-hydrogen) atoms. The predicted molar refractivity (Wildman–Crippen MR) is 102 cm³/mol. The van der Waals surface area contributed by atoms with Crippen molar-refractivity contribution in [3.05, 3.63) is 35.9 Å². The summed E-state index contributed by atoms with van der Waals surface area (Å²) in [6.07, 6.45) is 7.75. The average molecular weight is 381 g/mol. The summed E-state index contributed by atoms with van der Waals surface area (Å²) >= 11 is 0. The molecule has 0 heterocycles. The number of ether oxygens (including phenoxy) is 1. The zero-order valence-corrected chi connectivity index (χ0v) is 16.3. The molecule has 0 aliphatic heterocycles. The molecule has 144 valence electrons. The summed E-state index contributed by atoms with van der Waals surface area (Å²) in [6.45, 7) is 2.72. The topological polar surface area (TPSA) is 75.7 Å². The first kappa shape index (κ1) is 20.5. The van der Waals surface area contributed by atoms with E-state index in [1.165, 1.54) is 37.6 Å². The molecule has 0 unspecified atom stereocenters. The second kappa shape index (κ2) is 9.73. The van der Waals surface area contributed by atoms with Crippen LogP contribution in [0.15, 0.2) is 40.8 Å². The monoisotopic (exact) mass is 380 g/mol. The van der Waals surface area contributed by atoms with E-state index in [1.54, 1.807) is 12.1 Å². The Morgan fingerprint density at radius 3 is 2.58 bits per heavy atom. The Morgan fingerprint density at radius 2 is 1.96 bits per heavy atom. The zero-order valence-electron chi connectivity index (χ0n) is 15.5. The summed E-state index contributed by atoms with van der Waals surface area (Å²) < 4.78 is 31.5. The maximum Gasteiger partial charge on any atom is 0.243 e. The summed E-state index contributed by atoms with van der Waals surface area (Å²) in [4.78, 5) is 12.2. The molecule has 7 heteroatoms. The van der Waals surface area contributed by atoms with Crippen molar-refractivity contribution in [3.63, 3.8) is 0 Å². The van der Waals surface area contributed by atoms with Crippen LogP contribution in [-0.4, -0.2) is 45.4 Å². The molecule has 1 aromatic carbocycles. The van der Waals surface area contributed by atoms with E-state index in [0.29, 0.717) is 18.9 Å². The highest BCUT2D eigenvalue weighted by Gasteiger charge is 2.22. The predicted octanol–water partition coefficient (Wildman–Crippen LogP) is 2.71. The van der Waals surface area contributed by atoms with E-state index in [2.05, 4.69) is 11.4 Å². The Bertz CT molecular complexity index is 726. The van der Waals surface area contributed by atoms with Crippen molar-refractivity contribution in [2.24, 2.45) is 0 Å². The van der Waals surface area contributed by atoms with Gasteiger partial charge in [-0.25, -0.2) is 8.42 Å². The van der Waals surface area contributed by atoms with Crippen molar-refractivity contribution in [2.45, 2.75) is 43.9 Å². The first-order chi connectivity index (χ1) is 12.4. The van der Waals surface area contributed by atoms with Crippen LogP contribution in [0.1, 0.15) is 39.0 Å². The Balaban J connectivity index is 1.85. The standard InChI is InChI=1S/C19H28N2O4S/c1-3-25-17-9-11-18(12-10-17)26(23,24)21(2)15-19(22)20-14-13-16-7-5-4-6-8-16/h7,9-12H,3-6,8,13-15H2,1-2H3,(H,20,22). The van der Waals surface area contributed by atoms with Crippen molar-refractivity contribution >= 4 is 15.9 Å². The Labute approximate surface area is 156 Å². The lowest BCUT2D eigenvalue weighted by molar-refractivity contribution is -0.121. The van der Waals surface area contributed by atoms with E-state index in [1.807, 2.05) is 6.92 Å². The van der Waals surface area contributed by atoms with Gasteiger partial charge in [-0.1, -0.05) is 11.6 Å². The van der Waals surface area contributed by atoms with Gasteiger partial charge in [0.25, 0.3) is 0 Å². The van der Waals surface area contributed by atoms with Crippen LogP contribution in [0.3, 0.4) is 0 Å². The van der Waals surface area contributed by atoms with Gasteiger partial charge in [-0.3, -0.25) is 4.79 Å². The van der Waals surface area contributed by atoms with Crippen LogP contribution in [0.25, 0.3) is 0 Å². The van der Waals surface area contributed by atoms with E-state index in [0.717, 1.165) is 23.6 Å². The fourth-order valence-electron chi connectivity index (χ4n) is 2.89. The van der Waals surface area contributed by atoms with Crippen molar-refractivity contribution in [3.8, 4) is 5.75 Å². The SMILES string of the molecule is CCOc1ccc(S(=O)(=O)N(C)CC(=O)NCCC2=CCCCC2)cc1. The number of likely N-dealkylation sites (N-methyl/N-ethyl adjacent to an activating group) is 1. The fourth-order valence-corrected chi connectivity index (χ4v) is 4.02. The Hall–Kier alpha value is -1.86. The van der Waals surface area contributed by atoms with Crippen LogP contribution in [-0.2, 0) is 14.8 Å². The van der Waals surface area contributed by atoms with Crippen LogP contribution in [0, 0.1) is 0 Å². The number of nitrogens with zero attached hydrogens (tertiary/aromatic N) is 1. The van der Waals surface area contributed by atoms with Crippen molar-refractivity contribution in [1.29, 1.82) is 0 Å². The lowest BCUT2D eigenvalue weighted by atomic mass is 9.97. The largest absolute Gasteiger partial charge is 0.494 e. The van der Waals surface area contributed by atoms with E-state index in [9.17, 15) is 13.2 Å². The number of hydrogen-bond acceptors (Lipinski definition) is 4. The molecule has 0 bridgehead atoms. The maximum atomic E-state index is 12.6. The third kappa shape index (κ3) is 5.85. The number of benzene rings is 1. The molecule has 1 N–H and O–H groups in total. The first-order valence-electron chi connectivity index (χ1n) is 9.07. The van der Waals surface area contributed by atoms with Gasteiger partial charge in [-0.15, -0.1) is 0 Å². The number of carbonyl (C=O) groups excluding carboxylic acids is 1.